The van der Waals surface area contributed by atoms with E-state index in [9.17, 15) is 0 Å². The molecular formula is C11H8BrNO2S. The van der Waals surface area contributed by atoms with Crippen LogP contribution in [0.5, 0.6) is 11.5 Å². The summed E-state index contributed by atoms with van der Waals surface area (Å²) in [5, 5.41) is 0.989. The fraction of sp³-hybridized carbons (Fsp3) is 0.182. The summed E-state index contributed by atoms with van der Waals surface area (Å²) in [4.78, 5) is 5.62. The number of fused-ring (bicyclic) bond motifs is 1. The van der Waals surface area contributed by atoms with Crippen LogP contribution in [0.1, 0.15) is 4.88 Å². The third-order valence-electron chi connectivity index (χ3n) is 2.36. The Morgan fingerprint density at radius 2 is 2.12 bits per heavy atom. The minimum atomic E-state index is 0.305. The molecule has 0 N–H and O–H groups in total. The largest absolute Gasteiger partial charge is 0.454 e. The average Bonchev–Trinajstić information content (AvgIpc) is 2.85. The molecule has 0 saturated carbocycles. The highest BCUT2D eigenvalue weighted by Crippen LogP contribution is 2.38. The van der Waals surface area contributed by atoms with Gasteiger partial charge in [0.1, 0.15) is 9.61 Å². The summed E-state index contributed by atoms with van der Waals surface area (Å²) in [5.41, 5.74) is 1.06. The van der Waals surface area contributed by atoms with Crippen LogP contribution >= 0.6 is 27.3 Å². The predicted octanol–water partition coefficient (Wildman–Crippen LogP) is 3.61. The number of hydrogen-bond acceptors (Lipinski definition) is 4. The Kier molecular flexibility index (Phi) is 2.37. The number of hydrogen-bond donors (Lipinski definition) is 0. The van der Waals surface area contributed by atoms with E-state index in [4.69, 9.17) is 9.47 Å². The third kappa shape index (κ3) is 1.60. The van der Waals surface area contributed by atoms with Crippen LogP contribution in [-0.2, 0) is 0 Å². The molecule has 82 valence electrons. The van der Waals surface area contributed by atoms with Gasteiger partial charge in [0.25, 0.3) is 0 Å². The quantitative estimate of drug-likeness (QED) is 0.806. The van der Waals surface area contributed by atoms with Gasteiger partial charge in [0.15, 0.2) is 11.5 Å². The fourth-order valence-corrected chi connectivity index (χ4v) is 2.87. The lowest BCUT2D eigenvalue weighted by molar-refractivity contribution is 0.174. The Morgan fingerprint density at radius 1 is 1.31 bits per heavy atom. The van der Waals surface area contributed by atoms with Crippen LogP contribution in [0.15, 0.2) is 22.8 Å². The van der Waals surface area contributed by atoms with Crippen LogP contribution < -0.4 is 9.47 Å². The standard InChI is InChI=1S/C11H8BrNO2S/c1-6-10(12)13-11(16-6)7-2-3-8-9(4-7)15-5-14-8/h2-4H,5H2,1H3. The van der Waals surface area contributed by atoms with Crippen molar-refractivity contribution in [2.75, 3.05) is 6.79 Å². The summed E-state index contributed by atoms with van der Waals surface area (Å²) in [6, 6.07) is 5.88. The van der Waals surface area contributed by atoms with Gasteiger partial charge >= 0.3 is 0 Å². The lowest BCUT2D eigenvalue weighted by Gasteiger charge is -1.98. The molecule has 0 amide bonds. The number of aromatic nitrogens is 1. The second-order valence-corrected chi connectivity index (χ2v) is 5.39. The maximum Gasteiger partial charge on any atom is 0.231 e. The maximum atomic E-state index is 5.34. The number of ether oxygens (including phenoxy) is 2. The second-order valence-electron chi connectivity index (χ2n) is 3.43. The van der Waals surface area contributed by atoms with Crippen molar-refractivity contribution < 1.29 is 9.47 Å². The first-order valence-corrected chi connectivity index (χ1v) is 6.38. The summed E-state index contributed by atoms with van der Waals surface area (Å²) in [6.45, 7) is 2.34. The minimum absolute atomic E-state index is 0.305. The number of aryl methyl sites for hydroxylation is 1. The molecule has 3 nitrogen and oxygen atoms in total. The molecule has 3 rings (SSSR count). The van der Waals surface area contributed by atoms with E-state index in [2.05, 4.69) is 20.9 Å². The lowest BCUT2D eigenvalue weighted by Crippen LogP contribution is -1.92. The van der Waals surface area contributed by atoms with Gasteiger partial charge in [-0.15, -0.1) is 11.3 Å². The lowest BCUT2D eigenvalue weighted by atomic mass is 10.2. The molecule has 0 saturated heterocycles. The normalized spacial score (nSPS) is 13.1. The summed E-state index contributed by atoms with van der Waals surface area (Å²) in [7, 11) is 0. The minimum Gasteiger partial charge on any atom is -0.454 e. The van der Waals surface area contributed by atoms with Gasteiger partial charge in [-0.3, -0.25) is 0 Å². The van der Waals surface area contributed by atoms with E-state index >= 15 is 0 Å². The first kappa shape index (κ1) is 10.1. The molecule has 16 heavy (non-hydrogen) atoms. The number of nitrogens with zero attached hydrogens (tertiary/aromatic N) is 1. The summed E-state index contributed by atoms with van der Waals surface area (Å²) >= 11 is 5.08. The molecule has 1 aromatic carbocycles. The molecule has 1 aliphatic heterocycles. The summed E-state index contributed by atoms with van der Waals surface area (Å²) in [6.07, 6.45) is 0. The SMILES string of the molecule is Cc1sc(-c2ccc3c(c2)OCO3)nc1Br. The van der Waals surface area contributed by atoms with Crippen molar-refractivity contribution in [1.82, 2.24) is 4.98 Å². The molecule has 0 radical (unpaired) electrons. The van der Waals surface area contributed by atoms with Crippen molar-refractivity contribution in [3.63, 3.8) is 0 Å². The topological polar surface area (TPSA) is 31.4 Å². The molecule has 1 aliphatic rings. The van der Waals surface area contributed by atoms with Gasteiger partial charge in [0, 0.05) is 10.4 Å². The molecule has 0 atom stereocenters. The molecule has 0 bridgehead atoms. The number of rotatable bonds is 1. The smallest absolute Gasteiger partial charge is 0.231 e. The molecule has 2 aromatic rings. The zero-order chi connectivity index (χ0) is 11.1. The third-order valence-corrected chi connectivity index (χ3v) is 4.41. The van der Waals surface area contributed by atoms with Gasteiger partial charge in [-0.2, -0.15) is 0 Å². The number of benzene rings is 1. The maximum absolute atomic E-state index is 5.34. The van der Waals surface area contributed by atoms with Gasteiger partial charge in [0.05, 0.1) is 0 Å². The van der Waals surface area contributed by atoms with E-state index in [1.807, 2.05) is 25.1 Å². The molecular weight excluding hydrogens is 290 g/mol. The Balaban J connectivity index is 2.07. The monoisotopic (exact) mass is 297 g/mol. The van der Waals surface area contributed by atoms with Gasteiger partial charge in [-0.1, -0.05) is 0 Å². The predicted molar refractivity (Wildman–Crippen MR) is 66.1 cm³/mol. The molecule has 0 fully saturated rings. The molecule has 0 aliphatic carbocycles. The van der Waals surface area contributed by atoms with Gasteiger partial charge in [-0.05, 0) is 41.1 Å². The average molecular weight is 298 g/mol. The van der Waals surface area contributed by atoms with E-state index in [0.717, 1.165) is 26.7 Å². The zero-order valence-corrected chi connectivity index (χ0v) is 10.9. The first-order valence-electron chi connectivity index (χ1n) is 4.77. The van der Waals surface area contributed by atoms with Crippen LogP contribution in [0.4, 0.5) is 0 Å². The second kappa shape index (κ2) is 3.75. The highest BCUT2D eigenvalue weighted by Gasteiger charge is 2.15. The van der Waals surface area contributed by atoms with E-state index in [1.165, 1.54) is 4.88 Å². The highest BCUT2D eigenvalue weighted by atomic mass is 79.9. The Labute approximate surface area is 105 Å². The van der Waals surface area contributed by atoms with Gasteiger partial charge < -0.3 is 9.47 Å². The van der Waals surface area contributed by atoms with Crippen LogP contribution in [-0.4, -0.2) is 11.8 Å². The van der Waals surface area contributed by atoms with Crippen LogP contribution in [0.3, 0.4) is 0 Å². The van der Waals surface area contributed by atoms with E-state index < -0.39 is 0 Å². The molecule has 1 aromatic heterocycles. The van der Waals surface area contributed by atoms with Crippen molar-refractivity contribution in [1.29, 1.82) is 0 Å². The molecule has 2 heterocycles. The zero-order valence-electron chi connectivity index (χ0n) is 8.49. The number of thiazole rings is 1. The summed E-state index contributed by atoms with van der Waals surface area (Å²) < 4.78 is 11.5. The van der Waals surface area contributed by atoms with E-state index in [1.54, 1.807) is 11.3 Å². The summed E-state index contributed by atoms with van der Waals surface area (Å²) in [5.74, 6) is 1.59. The van der Waals surface area contributed by atoms with E-state index in [0.29, 0.717) is 6.79 Å². The first-order chi connectivity index (χ1) is 7.74. The van der Waals surface area contributed by atoms with Crippen LogP contribution in [0.2, 0.25) is 0 Å². The van der Waals surface area contributed by atoms with E-state index in [-0.39, 0.29) is 0 Å². The Bertz CT molecular complexity index is 533. The Morgan fingerprint density at radius 3 is 2.88 bits per heavy atom. The molecule has 0 unspecified atom stereocenters. The molecule has 5 heteroatoms. The van der Waals surface area contributed by atoms with Gasteiger partial charge in [-0.25, -0.2) is 4.98 Å². The van der Waals surface area contributed by atoms with Crippen molar-refractivity contribution in [2.24, 2.45) is 0 Å². The molecule has 0 spiro atoms. The van der Waals surface area contributed by atoms with Crippen LogP contribution in [0.25, 0.3) is 10.6 Å². The van der Waals surface area contributed by atoms with Crippen molar-refractivity contribution in [3.05, 3.63) is 27.7 Å². The van der Waals surface area contributed by atoms with Crippen molar-refractivity contribution in [2.45, 2.75) is 6.92 Å². The number of halogens is 1. The van der Waals surface area contributed by atoms with Gasteiger partial charge in [0.2, 0.25) is 6.79 Å². The highest BCUT2D eigenvalue weighted by molar-refractivity contribution is 9.10. The Hall–Kier alpha value is -1.07. The van der Waals surface area contributed by atoms with Crippen molar-refractivity contribution in [3.8, 4) is 22.1 Å². The van der Waals surface area contributed by atoms with Crippen LogP contribution in [0, 0.1) is 6.92 Å². The fourth-order valence-electron chi connectivity index (χ4n) is 1.53. The van der Waals surface area contributed by atoms with Crippen molar-refractivity contribution >= 4 is 27.3 Å².